The quantitative estimate of drug-likeness (QED) is 0.122. The summed E-state index contributed by atoms with van der Waals surface area (Å²) in [6.45, 7) is 4.48. The third-order valence-electron chi connectivity index (χ3n) is 4.70. The van der Waals surface area contributed by atoms with Gasteiger partial charge in [-0.2, -0.15) is 62.0 Å². The Labute approximate surface area is 166 Å². The van der Waals surface area contributed by atoms with Crippen LogP contribution < -0.4 is 0 Å². The van der Waals surface area contributed by atoms with Gasteiger partial charge in [0, 0.05) is 12.8 Å². The lowest BCUT2D eigenvalue weighted by atomic mass is 9.78. The first kappa shape index (κ1) is 27.4. The minimum atomic E-state index is -7.88. The molecule has 0 unspecified atom stereocenters. The molecule has 0 spiro atoms. The van der Waals surface area contributed by atoms with E-state index in [4.69, 9.17) is 4.89 Å². The molecule has 0 heterocycles. The lowest BCUT2D eigenvalue weighted by Gasteiger charge is -2.43. The molecule has 0 N–H and O–H groups in total. The van der Waals surface area contributed by atoms with Crippen LogP contribution in [0.15, 0.2) is 18.1 Å². The van der Waals surface area contributed by atoms with Crippen LogP contribution in [-0.4, -0.2) is 41.9 Å². The van der Waals surface area contributed by atoms with E-state index in [0.717, 1.165) is 0 Å². The van der Waals surface area contributed by atoms with Crippen LogP contribution in [0.1, 0.15) is 32.6 Å². The van der Waals surface area contributed by atoms with E-state index in [1.807, 2.05) is 0 Å². The Morgan fingerprint density at radius 1 is 0.710 bits per heavy atom. The molecule has 0 aromatic carbocycles. The predicted molar refractivity (Wildman–Crippen MR) is 77.0 cm³/mol. The highest BCUT2D eigenvalue weighted by atomic mass is 19.4. The average Bonchev–Trinajstić information content (AvgIpc) is 2.64. The first-order valence-electron chi connectivity index (χ1n) is 8.34. The van der Waals surface area contributed by atoms with Crippen molar-refractivity contribution in [3.05, 3.63) is 18.1 Å². The SMILES string of the molecule is C=C=C(C)OOC1CCC(C(F)(F)C(F)(F)C(F)(F)C(F)(F)C(F)(F)C(F)(F)F)CC1. The molecule has 1 rings (SSSR count). The lowest BCUT2D eigenvalue weighted by molar-refractivity contribution is -0.443. The molecule has 1 aliphatic carbocycles. The second-order valence-electron chi connectivity index (χ2n) is 6.80. The maximum atomic E-state index is 14.1. The summed E-state index contributed by atoms with van der Waals surface area (Å²) >= 11 is 0. The molecule has 1 fully saturated rings. The maximum Gasteiger partial charge on any atom is 0.460 e. The predicted octanol–water partition coefficient (Wildman–Crippen LogP) is 6.92. The molecular formula is C16H15F13O2. The summed E-state index contributed by atoms with van der Waals surface area (Å²) in [5.41, 5.74) is 2.22. The van der Waals surface area contributed by atoms with Crippen molar-refractivity contribution in [3.63, 3.8) is 0 Å². The third kappa shape index (κ3) is 4.48. The summed E-state index contributed by atoms with van der Waals surface area (Å²) in [4.78, 5) is 9.31. The fourth-order valence-corrected chi connectivity index (χ4v) is 2.73. The smallest absolute Gasteiger partial charge is 0.334 e. The molecule has 0 aromatic heterocycles. The lowest BCUT2D eigenvalue weighted by Crippen LogP contribution is -2.71. The Kier molecular flexibility index (Phi) is 7.40. The van der Waals surface area contributed by atoms with Crippen molar-refractivity contribution in [2.24, 2.45) is 5.92 Å². The van der Waals surface area contributed by atoms with Gasteiger partial charge in [-0.05, 0) is 25.7 Å². The van der Waals surface area contributed by atoms with Crippen LogP contribution in [0.3, 0.4) is 0 Å². The highest BCUT2D eigenvalue weighted by molar-refractivity contribution is 5.11. The second kappa shape index (κ2) is 8.38. The van der Waals surface area contributed by atoms with E-state index in [1.165, 1.54) is 6.92 Å². The number of halogens is 13. The first-order valence-corrected chi connectivity index (χ1v) is 8.34. The van der Waals surface area contributed by atoms with Crippen molar-refractivity contribution < 1.29 is 66.9 Å². The molecule has 0 aliphatic heterocycles. The van der Waals surface area contributed by atoms with Crippen LogP contribution >= 0.6 is 0 Å². The van der Waals surface area contributed by atoms with Crippen LogP contribution in [0.4, 0.5) is 57.1 Å². The van der Waals surface area contributed by atoms with Crippen molar-refractivity contribution in [3.8, 4) is 0 Å². The van der Waals surface area contributed by atoms with Crippen molar-refractivity contribution >= 4 is 0 Å². The van der Waals surface area contributed by atoms with Crippen LogP contribution in [0.2, 0.25) is 0 Å². The molecule has 15 heteroatoms. The summed E-state index contributed by atoms with van der Waals surface area (Å²) in [7, 11) is 0. The second-order valence-corrected chi connectivity index (χ2v) is 6.80. The van der Waals surface area contributed by atoms with Crippen LogP contribution in [0.5, 0.6) is 0 Å². The van der Waals surface area contributed by atoms with Crippen molar-refractivity contribution in [2.45, 2.75) is 74.5 Å². The molecular weight excluding hydrogens is 471 g/mol. The van der Waals surface area contributed by atoms with Gasteiger partial charge in [0.25, 0.3) is 0 Å². The summed E-state index contributed by atoms with van der Waals surface area (Å²) in [5.74, 6) is -39.4. The van der Waals surface area contributed by atoms with Gasteiger partial charge in [0.15, 0.2) is 5.76 Å². The number of rotatable bonds is 8. The Balaban J connectivity index is 3.12. The van der Waals surface area contributed by atoms with Crippen LogP contribution in [-0.2, 0) is 9.78 Å². The van der Waals surface area contributed by atoms with E-state index in [2.05, 4.69) is 17.2 Å². The summed E-state index contributed by atoms with van der Waals surface area (Å²) in [5, 5.41) is 0. The monoisotopic (exact) mass is 486 g/mol. The topological polar surface area (TPSA) is 18.5 Å². The number of allylic oxidation sites excluding steroid dienone is 1. The Hall–Kier alpha value is -1.63. The summed E-state index contributed by atoms with van der Waals surface area (Å²) in [6, 6.07) is 0. The van der Waals surface area contributed by atoms with Gasteiger partial charge in [-0.15, -0.1) is 0 Å². The molecule has 0 radical (unpaired) electrons. The number of hydrogen-bond acceptors (Lipinski definition) is 2. The van der Waals surface area contributed by atoms with Gasteiger partial charge in [-0.3, -0.25) is 0 Å². The standard InChI is InChI=1S/C16H15F13O2/c1-3-8(2)30-31-10-6-4-9(5-7-10)11(17,18)12(19,20)13(21,22)14(23,24)15(25,26)16(27,28)29/h9-10H,1,4-7H2,2H3. The van der Waals surface area contributed by atoms with Crippen molar-refractivity contribution in [1.29, 1.82) is 0 Å². The summed E-state index contributed by atoms with van der Waals surface area (Å²) in [6.07, 6.45) is -11.6. The van der Waals surface area contributed by atoms with Crippen molar-refractivity contribution in [1.82, 2.24) is 0 Å². The molecule has 0 bridgehead atoms. The average molecular weight is 486 g/mol. The Morgan fingerprint density at radius 3 is 1.52 bits per heavy atom. The molecule has 1 saturated carbocycles. The third-order valence-corrected chi connectivity index (χ3v) is 4.70. The zero-order chi connectivity index (χ0) is 24.7. The van der Waals surface area contributed by atoms with E-state index in [9.17, 15) is 57.1 Å². The zero-order valence-corrected chi connectivity index (χ0v) is 15.4. The van der Waals surface area contributed by atoms with Gasteiger partial charge < -0.3 is 4.89 Å². The largest absolute Gasteiger partial charge is 0.460 e. The van der Waals surface area contributed by atoms with Gasteiger partial charge in [-0.1, -0.05) is 12.3 Å². The molecule has 0 amide bonds. The van der Waals surface area contributed by atoms with E-state index in [0.29, 0.717) is 0 Å². The van der Waals surface area contributed by atoms with Crippen LogP contribution in [0.25, 0.3) is 0 Å². The van der Waals surface area contributed by atoms with Crippen molar-refractivity contribution in [2.75, 3.05) is 0 Å². The van der Waals surface area contributed by atoms with E-state index in [1.54, 1.807) is 0 Å². The van der Waals surface area contributed by atoms with Gasteiger partial charge in [-0.25, -0.2) is 0 Å². The normalized spacial score (nSPS) is 22.1. The fraction of sp³-hybridized carbons (Fsp3) is 0.812. The van der Waals surface area contributed by atoms with Gasteiger partial charge in [0.1, 0.15) is 6.10 Å². The van der Waals surface area contributed by atoms with E-state index >= 15 is 0 Å². The maximum absolute atomic E-state index is 14.1. The Bertz CT molecular complexity index is 684. The van der Waals surface area contributed by atoms with E-state index < -0.39 is 73.5 Å². The zero-order valence-electron chi connectivity index (χ0n) is 15.4. The number of hydrogen-bond donors (Lipinski definition) is 0. The molecule has 0 aromatic rings. The highest BCUT2D eigenvalue weighted by Gasteiger charge is 2.91. The molecule has 0 atom stereocenters. The molecule has 2 nitrogen and oxygen atoms in total. The molecule has 0 saturated heterocycles. The van der Waals surface area contributed by atoms with Gasteiger partial charge in [0.2, 0.25) is 0 Å². The van der Waals surface area contributed by atoms with Gasteiger partial charge >= 0.3 is 35.8 Å². The first-order chi connectivity index (χ1) is 13.7. The summed E-state index contributed by atoms with van der Waals surface area (Å²) < 4.78 is 171. The van der Waals surface area contributed by atoms with Crippen LogP contribution in [0, 0.1) is 5.92 Å². The molecule has 182 valence electrons. The molecule has 31 heavy (non-hydrogen) atoms. The fourth-order valence-electron chi connectivity index (χ4n) is 2.73. The highest BCUT2D eigenvalue weighted by Crippen LogP contribution is 2.62. The van der Waals surface area contributed by atoms with E-state index in [-0.39, 0.29) is 5.76 Å². The number of alkyl halides is 13. The minimum Gasteiger partial charge on any atom is -0.334 e. The Morgan fingerprint density at radius 2 is 1.13 bits per heavy atom. The van der Waals surface area contributed by atoms with Gasteiger partial charge in [0.05, 0.1) is 0 Å². The molecule has 1 aliphatic rings. The minimum absolute atomic E-state index is 0.00791.